The minimum absolute atomic E-state index is 0.166. The van der Waals surface area contributed by atoms with Crippen LogP contribution in [0.3, 0.4) is 0 Å². The van der Waals surface area contributed by atoms with E-state index < -0.39 is 11.8 Å². The molecule has 3 aromatic rings. The summed E-state index contributed by atoms with van der Waals surface area (Å²) in [6.45, 7) is 1.81. The Kier molecular flexibility index (Phi) is 5.88. The van der Waals surface area contributed by atoms with E-state index in [1.165, 1.54) is 12.0 Å². The first-order valence-corrected chi connectivity index (χ1v) is 10.3. The van der Waals surface area contributed by atoms with Gasteiger partial charge >= 0.3 is 0 Å². The van der Waals surface area contributed by atoms with E-state index in [1.54, 1.807) is 74.7 Å². The first-order chi connectivity index (χ1) is 15.4. The molecule has 162 valence electrons. The standard InChI is InChI=1S/C25H21ClN2O4/c1-15-14-16(26)8-13-20(15)28-24(29)22(19-6-4-5-7-21(19)32-3)23(25(28)30)27-17-9-11-18(31-2)12-10-17/h4-14,27H,1-3H3. The quantitative estimate of drug-likeness (QED) is 0.534. The molecule has 1 aliphatic rings. The number of benzene rings is 3. The maximum absolute atomic E-state index is 13.6. The van der Waals surface area contributed by atoms with Gasteiger partial charge in [0.25, 0.3) is 11.8 Å². The summed E-state index contributed by atoms with van der Waals surface area (Å²) >= 11 is 6.08. The number of hydrogen-bond acceptors (Lipinski definition) is 5. The Morgan fingerprint density at radius 1 is 0.875 bits per heavy atom. The van der Waals surface area contributed by atoms with Gasteiger partial charge in [0.2, 0.25) is 0 Å². The zero-order valence-electron chi connectivity index (χ0n) is 17.8. The largest absolute Gasteiger partial charge is 0.497 e. The number of rotatable bonds is 6. The Labute approximate surface area is 191 Å². The van der Waals surface area contributed by atoms with Crippen LogP contribution in [-0.2, 0) is 9.59 Å². The van der Waals surface area contributed by atoms with E-state index in [0.717, 1.165) is 0 Å². The summed E-state index contributed by atoms with van der Waals surface area (Å²) in [4.78, 5) is 28.3. The molecule has 7 heteroatoms. The molecule has 0 fully saturated rings. The van der Waals surface area contributed by atoms with Crippen LogP contribution >= 0.6 is 11.6 Å². The summed E-state index contributed by atoms with van der Waals surface area (Å²) < 4.78 is 10.7. The van der Waals surface area contributed by atoms with Crippen LogP contribution < -0.4 is 19.7 Å². The number of halogens is 1. The van der Waals surface area contributed by atoms with Gasteiger partial charge in [0.05, 0.1) is 25.5 Å². The molecule has 0 spiro atoms. The lowest BCUT2D eigenvalue weighted by Gasteiger charge is -2.18. The van der Waals surface area contributed by atoms with Crippen LogP contribution in [0.25, 0.3) is 5.57 Å². The number of aryl methyl sites for hydroxylation is 1. The number of methoxy groups -OCH3 is 2. The number of anilines is 2. The first kappa shape index (κ1) is 21.5. The van der Waals surface area contributed by atoms with Gasteiger partial charge in [0.15, 0.2) is 0 Å². The molecule has 1 aliphatic heterocycles. The topological polar surface area (TPSA) is 67.9 Å². The molecular weight excluding hydrogens is 428 g/mol. The Bertz CT molecular complexity index is 1230. The van der Waals surface area contributed by atoms with Gasteiger partial charge < -0.3 is 14.8 Å². The monoisotopic (exact) mass is 448 g/mol. The number of amides is 2. The summed E-state index contributed by atoms with van der Waals surface area (Å²) in [6, 6.07) is 19.3. The van der Waals surface area contributed by atoms with Crippen LogP contribution in [0.1, 0.15) is 11.1 Å². The van der Waals surface area contributed by atoms with E-state index in [9.17, 15) is 9.59 Å². The summed E-state index contributed by atoms with van der Waals surface area (Å²) in [5.74, 6) is 0.271. The molecule has 6 nitrogen and oxygen atoms in total. The zero-order chi connectivity index (χ0) is 22.8. The fourth-order valence-electron chi connectivity index (χ4n) is 3.65. The molecule has 0 aromatic heterocycles. The molecule has 4 rings (SSSR count). The van der Waals surface area contributed by atoms with Gasteiger partial charge in [-0.15, -0.1) is 0 Å². The molecule has 2 amide bonds. The number of nitrogens with zero attached hydrogens (tertiary/aromatic N) is 1. The highest BCUT2D eigenvalue weighted by Crippen LogP contribution is 2.38. The third-order valence-electron chi connectivity index (χ3n) is 5.22. The van der Waals surface area contributed by atoms with E-state index in [4.69, 9.17) is 21.1 Å². The Balaban J connectivity index is 1.85. The molecule has 1 N–H and O–H groups in total. The maximum atomic E-state index is 13.6. The van der Waals surface area contributed by atoms with Crippen LogP contribution in [0.5, 0.6) is 11.5 Å². The molecule has 0 radical (unpaired) electrons. The summed E-state index contributed by atoms with van der Waals surface area (Å²) in [6.07, 6.45) is 0. The van der Waals surface area contributed by atoms with Crippen molar-refractivity contribution in [2.75, 3.05) is 24.4 Å². The van der Waals surface area contributed by atoms with Crippen molar-refractivity contribution in [2.24, 2.45) is 0 Å². The van der Waals surface area contributed by atoms with Crippen molar-refractivity contribution in [1.82, 2.24) is 0 Å². The van der Waals surface area contributed by atoms with Crippen molar-refractivity contribution in [2.45, 2.75) is 6.92 Å². The maximum Gasteiger partial charge on any atom is 0.282 e. The van der Waals surface area contributed by atoms with Crippen LogP contribution in [0.2, 0.25) is 5.02 Å². The SMILES string of the molecule is COc1ccc(NC2=C(c3ccccc3OC)C(=O)N(c3ccc(Cl)cc3C)C2=O)cc1. The molecular formula is C25H21ClN2O4. The molecule has 1 heterocycles. The van der Waals surface area contributed by atoms with E-state index >= 15 is 0 Å². The molecule has 3 aromatic carbocycles. The van der Waals surface area contributed by atoms with Crippen molar-refractivity contribution in [3.8, 4) is 11.5 Å². The lowest BCUT2D eigenvalue weighted by Crippen LogP contribution is -2.33. The molecule has 0 unspecified atom stereocenters. The average molecular weight is 449 g/mol. The molecule has 0 aliphatic carbocycles. The molecule has 32 heavy (non-hydrogen) atoms. The van der Waals surface area contributed by atoms with Crippen molar-refractivity contribution in [3.63, 3.8) is 0 Å². The number of para-hydroxylation sites is 1. The fraction of sp³-hybridized carbons (Fsp3) is 0.120. The Morgan fingerprint density at radius 2 is 1.59 bits per heavy atom. The average Bonchev–Trinajstić information content (AvgIpc) is 3.03. The predicted octanol–water partition coefficient (Wildman–Crippen LogP) is 5.06. The highest BCUT2D eigenvalue weighted by Gasteiger charge is 2.41. The normalized spacial score (nSPS) is 13.6. The second-order valence-electron chi connectivity index (χ2n) is 7.18. The highest BCUT2D eigenvalue weighted by atomic mass is 35.5. The predicted molar refractivity (Wildman–Crippen MR) is 125 cm³/mol. The first-order valence-electron chi connectivity index (χ1n) is 9.88. The van der Waals surface area contributed by atoms with Gasteiger partial charge in [-0.05, 0) is 61.0 Å². The van der Waals surface area contributed by atoms with Crippen molar-refractivity contribution >= 4 is 40.4 Å². The second-order valence-corrected chi connectivity index (χ2v) is 7.62. The molecule has 0 saturated heterocycles. The van der Waals surface area contributed by atoms with Gasteiger partial charge in [-0.2, -0.15) is 0 Å². The van der Waals surface area contributed by atoms with Crippen molar-refractivity contribution < 1.29 is 19.1 Å². The van der Waals surface area contributed by atoms with Gasteiger partial charge in [0.1, 0.15) is 17.2 Å². The summed E-state index contributed by atoms with van der Waals surface area (Å²) in [5, 5.41) is 3.66. The van der Waals surface area contributed by atoms with Gasteiger partial charge in [0, 0.05) is 16.3 Å². The zero-order valence-corrected chi connectivity index (χ0v) is 18.6. The van der Waals surface area contributed by atoms with Crippen molar-refractivity contribution in [3.05, 3.63) is 88.6 Å². The number of carbonyl (C=O) groups excluding carboxylic acids is 2. The van der Waals surface area contributed by atoms with Crippen LogP contribution in [0.15, 0.2) is 72.4 Å². The van der Waals surface area contributed by atoms with Gasteiger partial charge in [-0.3, -0.25) is 9.59 Å². The smallest absolute Gasteiger partial charge is 0.282 e. The van der Waals surface area contributed by atoms with E-state index in [1.807, 2.05) is 6.07 Å². The Morgan fingerprint density at radius 3 is 2.25 bits per heavy atom. The summed E-state index contributed by atoms with van der Waals surface area (Å²) in [7, 11) is 3.11. The van der Waals surface area contributed by atoms with Crippen LogP contribution in [0.4, 0.5) is 11.4 Å². The number of carbonyl (C=O) groups is 2. The van der Waals surface area contributed by atoms with Gasteiger partial charge in [-0.1, -0.05) is 29.8 Å². The molecule has 0 atom stereocenters. The number of nitrogens with one attached hydrogen (secondary N) is 1. The van der Waals surface area contributed by atoms with Crippen LogP contribution in [0, 0.1) is 6.92 Å². The Hall–Kier alpha value is -3.77. The van der Waals surface area contributed by atoms with E-state index in [2.05, 4.69) is 5.32 Å². The second kappa shape index (κ2) is 8.77. The highest BCUT2D eigenvalue weighted by molar-refractivity contribution is 6.46. The third kappa shape index (κ3) is 3.81. The lowest BCUT2D eigenvalue weighted by atomic mass is 10.0. The van der Waals surface area contributed by atoms with Gasteiger partial charge in [-0.25, -0.2) is 4.90 Å². The van der Waals surface area contributed by atoms with Crippen molar-refractivity contribution in [1.29, 1.82) is 0 Å². The molecule has 0 saturated carbocycles. The minimum Gasteiger partial charge on any atom is -0.497 e. The minimum atomic E-state index is -0.461. The molecule has 0 bridgehead atoms. The van der Waals surface area contributed by atoms with E-state index in [-0.39, 0.29) is 11.3 Å². The number of imide groups is 1. The summed E-state index contributed by atoms with van der Waals surface area (Å²) in [5.41, 5.74) is 2.76. The fourth-order valence-corrected chi connectivity index (χ4v) is 3.88. The van der Waals surface area contributed by atoms with Crippen LogP contribution in [-0.4, -0.2) is 26.0 Å². The number of hydrogen-bond donors (Lipinski definition) is 1. The number of ether oxygens (including phenoxy) is 2. The van der Waals surface area contributed by atoms with E-state index in [0.29, 0.717) is 39.0 Å². The lowest BCUT2D eigenvalue weighted by molar-refractivity contribution is -0.120. The third-order valence-corrected chi connectivity index (χ3v) is 5.45.